The Hall–Kier alpha value is -2.88. The molecule has 0 N–H and O–H groups in total. The van der Waals surface area contributed by atoms with Gasteiger partial charge in [-0.25, -0.2) is 9.37 Å². The molecule has 0 aliphatic rings. The molecule has 0 saturated carbocycles. The normalized spacial score (nSPS) is 11.1. The van der Waals surface area contributed by atoms with Gasteiger partial charge in [-0.3, -0.25) is 0 Å². The summed E-state index contributed by atoms with van der Waals surface area (Å²) < 4.78 is 17.1. The molecule has 0 bridgehead atoms. The van der Waals surface area contributed by atoms with Crippen molar-refractivity contribution in [1.82, 2.24) is 14.1 Å². The third-order valence-electron chi connectivity index (χ3n) is 3.82. The molecule has 4 rings (SSSR count). The van der Waals surface area contributed by atoms with Gasteiger partial charge in [-0.15, -0.1) is 0 Å². The minimum atomic E-state index is -0.203. The molecule has 2 heterocycles. The highest BCUT2D eigenvalue weighted by Gasteiger charge is 2.04. The predicted octanol–water partition coefficient (Wildman–Crippen LogP) is 4.01. The fraction of sp³-hybridized carbons (Fsp3) is 0.0556. The second-order valence-corrected chi connectivity index (χ2v) is 5.28. The fourth-order valence-corrected chi connectivity index (χ4v) is 2.68. The zero-order valence-corrected chi connectivity index (χ0v) is 11.9. The van der Waals surface area contributed by atoms with Crippen molar-refractivity contribution in [3.63, 3.8) is 0 Å². The van der Waals surface area contributed by atoms with Gasteiger partial charge in [0.05, 0.1) is 6.33 Å². The summed E-state index contributed by atoms with van der Waals surface area (Å²) in [5.74, 6) is -0.203. The molecule has 0 saturated heterocycles. The van der Waals surface area contributed by atoms with Crippen LogP contribution in [0.25, 0.3) is 16.6 Å². The highest BCUT2D eigenvalue weighted by atomic mass is 19.1. The molecule has 0 fully saturated rings. The van der Waals surface area contributed by atoms with E-state index >= 15 is 0 Å². The molecular weight excluding hydrogens is 277 g/mol. The number of imidazole rings is 1. The van der Waals surface area contributed by atoms with Gasteiger partial charge in [-0.2, -0.15) is 0 Å². The van der Waals surface area contributed by atoms with Crippen LogP contribution >= 0.6 is 0 Å². The summed E-state index contributed by atoms with van der Waals surface area (Å²) in [5, 5.41) is 1.17. The number of rotatable bonds is 3. The molecule has 0 aliphatic heterocycles. The summed E-state index contributed by atoms with van der Waals surface area (Å²) in [6.07, 6.45) is 7.54. The zero-order chi connectivity index (χ0) is 14.9. The standard InChI is InChI=1S/C18H14FN3/c19-16-3-1-14(2-4-16)12-21-9-7-15-11-17(5-6-18(15)21)22-10-8-20-13-22/h1-11,13H,12H2. The second kappa shape index (κ2) is 5.15. The van der Waals surface area contributed by atoms with Crippen LogP contribution in [-0.4, -0.2) is 14.1 Å². The van der Waals surface area contributed by atoms with Crippen molar-refractivity contribution in [3.05, 3.63) is 84.8 Å². The molecule has 0 amide bonds. The largest absolute Gasteiger partial charge is 0.343 e. The topological polar surface area (TPSA) is 22.8 Å². The quantitative estimate of drug-likeness (QED) is 0.559. The lowest BCUT2D eigenvalue weighted by atomic mass is 10.2. The van der Waals surface area contributed by atoms with Gasteiger partial charge >= 0.3 is 0 Å². The molecule has 0 aliphatic carbocycles. The van der Waals surface area contributed by atoms with E-state index in [9.17, 15) is 4.39 Å². The molecular formula is C18H14FN3. The molecule has 0 spiro atoms. The third kappa shape index (κ3) is 2.29. The maximum Gasteiger partial charge on any atom is 0.123 e. The van der Waals surface area contributed by atoms with Crippen LogP contribution in [0.5, 0.6) is 0 Å². The summed E-state index contributed by atoms with van der Waals surface area (Å²) in [4.78, 5) is 4.07. The Morgan fingerprint density at radius 3 is 2.59 bits per heavy atom. The van der Waals surface area contributed by atoms with E-state index in [1.54, 1.807) is 12.5 Å². The van der Waals surface area contributed by atoms with E-state index in [0.717, 1.165) is 23.3 Å². The van der Waals surface area contributed by atoms with E-state index < -0.39 is 0 Å². The lowest BCUT2D eigenvalue weighted by Gasteiger charge is -2.07. The van der Waals surface area contributed by atoms with Gasteiger partial charge in [0.2, 0.25) is 0 Å². The second-order valence-electron chi connectivity index (χ2n) is 5.28. The molecule has 4 heteroatoms. The third-order valence-corrected chi connectivity index (χ3v) is 3.82. The van der Waals surface area contributed by atoms with Crippen LogP contribution in [0.3, 0.4) is 0 Å². The Labute approximate surface area is 127 Å². The molecule has 108 valence electrons. The molecule has 2 aromatic heterocycles. The van der Waals surface area contributed by atoms with E-state index in [0.29, 0.717) is 0 Å². The molecule has 3 nitrogen and oxygen atoms in total. The number of benzene rings is 2. The number of aromatic nitrogens is 3. The van der Waals surface area contributed by atoms with Crippen LogP contribution in [-0.2, 0) is 6.54 Å². The van der Waals surface area contributed by atoms with E-state index in [2.05, 4.69) is 40.0 Å². The summed E-state index contributed by atoms with van der Waals surface area (Å²) in [7, 11) is 0. The van der Waals surface area contributed by atoms with Crippen molar-refractivity contribution < 1.29 is 4.39 Å². The molecule has 0 radical (unpaired) electrons. The lowest BCUT2D eigenvalue weighted by Crippen LogP contribution is -1.98. The molecule has 0 atom stereocenters. The van der Waals surface area contributed by atoms with Crippen LogP contribution in [0.2, 0.25) is 0 Å². The Morgan fingerprint density at radius 1 is 0.955 bits per heavy atom. The zero-order valence-electron chi connectivity index (χ0n) is 11.9. The van der Waals surface area contributed by atoms with Crippen molar-refractivity contribution in [2.75, 3.05) is 0 Å². The number of fused-ring (bicyclic) bond motifs is 1. The van der Waals surface area contributed by atoms with Crippen LogP contribution < -0.4 is 0 Å². The van der Waals surface area contributed by atoms with E-state index in [1.807, 2.05) is 22.9 Å². The number of halogens is 1. The summed E-state index contributed by atoms with van der Waals surface area (Å²) in [5.41, 5.74) is 3.33. The van der Waals surface area contributed by atoms with Gasteiger partial charge in [0.25, 0.3) is 0 Å². The van der Waals surface area contributed by atoms with Crippen molar-refractivity contribution in [2.24, 2.45) is 0 Å². The van der Waals surface area contributed by atoms with E-state index in [4.69, 9.17) is 0 Å². The van der Waals surface area contributed by atoms with Gasteiger partial charge < -0.3 is 9.13 Å². The Balaban J connectivity index is 1.69. The fourth-order valence-electron chi connectivity index (χ4n) is 2.68. The number of hydrogen-bond donors (Lipinski definition) is 0. The van der Waals surface area contributed by atoms with E-state index in [1.165, 1.54) is 17.5 Å². The van der Waals surface area contributed by atoms with Crippen LogP contribution in [0, 0.1) is 5.82 Å². The first-order chi connectivity index (χ1) is 10.8. The summed E-state index contributed by atoms with van der Waals surface area (Å²) in [6.45, 7) is 0.730. The highest BCUT2D eigenvalue weighted by molar-refractivity contribution is 5.82. The SMILES string of the molecule is Fc1ccc(Cn2ccc3cc(-n4ccnc4)ccc32)cc1. The molecule has 22 heavy (non-hydrogen) atoms. The average Bonchev–Trinajstić information content (AvgIpc) is 3.19. The Kier molecular flexibility index (Phi) is 3.00. The van der Waals surface area contributed by atoms with E-state index in [-0.39, 0.29) is 5.82 Å². The smallest absolute Gasteiger partial charge is 0.123 e. The monoisotopic (exact) mass is 291 g/mol. The van der Waals surface area contributed by atoms with Crippen LogP contribution in [0.4, 0.5) is 4.39 Å². The van der Waals surface area contributed by atoms with Crippen molar-refractivity contribution in [3.8, 4) is 5.69 Å². The van der Waals surface area contributed by atoms with Gasteiger partial charge in [0, 0.05) is 41.7 Å². The maximum absolute atomic E-state index is 13.0. The summed E-state index contributed by atoms with van der Waals surface area (Å²) in [6, 6.07) is 15.1. The highest BCUT2D eigenvalue weighted by Crippen LogP contribution is 2.21. The Morgan fingerprint density at radius 2 is 1.82 bits per heavy atom. The number of hydrogen-bond acceptors (Lipinski definition) is 1. The van der Waals surface area contributed by atoms with Crippen LogP contribution in [0.15, 0.2) is 73.4 Å². The van der Waals surface area contributed by atoms with Gasteiger partial charge in [-0.05, 0) is 42.0 Å². The first kappa shape index (κ1) is 12.8. The van der Waals surface area contributed by atoms with Crippen molar-refractivity contribution >= 4 is 10.9 Å². The first-order valence-corrected chi connectivity index (χ1v) is 7.11. The molecule has 4 aromatic rings. The lowest BCUT2D eigenvalue weighted by molar-refractivity contribution is 0.626. The van der Waals surface area contributed by atoms with Crippen molar-refractivity contribution in [1.29, 1.82) is 0 Å². The minimum Gasteiger partial charge on any atom is -0.343 e. The number of nitrogens with zero attached hydrogens (tertiary/aromatic N) is 3. The first-order valence-electron chi connectivity index (χ1n) is 7.11. The predicted molar refractivity (Wildman–Crippen MR) is 84.6 cm³/mol. The van der Waals surface area contributed by atoms with Gasteiger partial charge in [-0.1, -0.05) is 12.1 Å². The Bertz CT molecular complexity index is 905. The van der Waals surface area contributed by atoms with Gasteiger partial charge in [0.15, 0.2) is 0 Å². The summed E-state index contributed by atoms with van der Waals surface area (Å²) >= 11 is 0. The molecule has 2 aromatic carbocycles. The molecule has 0 unspecified atom stereocenters. The van der Waals surface area contributed by atoms with Gasteiger partial charge in [0.1, 0.15) is 5.82 Å². The van der Waals surface area contributed by atoms with Crippen LogP contribution in [0.1, 0.15) is 5.56 Å². The van der Waals surface area contributed by atoms with Crippen molar-refractivity contribution in [2.45, 2.75) is 6.54 Å². The minimum absolute atomic E-state index is 0.203. The average molecular weight is 291 g/mol. The maximum atomic E-state index is 13.0.